The van der Waals surface area contributed by atoms with Crippen molar-refractivity contribution in [3.8, 4) is 0 Å². The average Bonchev–Trinajstić information content (AvgIpc) is 2.64. The van der Waals surface area contributed by atoms with Gasteiger partial charge in [-0.1, -0.05) is 103 Å². The van der Waals surface area contributed by atoms with E-state index in [2.05, 4.69) is 6.92 Å². The Balaban J connectivity index is 3.03. The molecular weight excluding hydrogens is 310 g/mol. The van der Waals surface area contributed by atoms with Crippen LogP contribution >= 0.6 is 0 Å². The summed E-state index contributed by atoms with van der Waals surface area (Å²) in [5.74, 6) is 0. The van der Waals surface area contributed by atoms with Crippen molar-refractivity contribution < 1.29 is 9.47 Å². The molecule has 0 unspecified atom stereocenters. The molecule has 0 aromatic carbocycles. The Morgan fingerprint density at radius 3 is 1.40 bits per heavy atom. The minimum Gasteiger partial charge on any atom is -0.379 e. The number of nitrogens with two attached hydrogens (primary N) is 1. The van der Waals surface area contributed by atoms with E-state index in [9.17, 15) is 0 Å². The van der Waals surface area contributed by atoms with Crippen LogP contribution in [0.1, 0.15) is 110 Å². The van der Waals surface area contributed by atoms with Crippen molar-refractivity contribution in [1.29, 1.82) is 0 Å². The minimum absolute atomic E-state index is 0.0565. The lowest BCUT2D eigenvalue weighted by atomic mass is 10.0. The number of hydrogen-bond acceptors (Lipinski definition) is 3. The Bertz CT molecular complexity index is 232. The van der Waals surface area contributed by atoms with Gasteiger partial charge in [-0.2, -0.15) is 0 Å². The normalized spacial score (nSPS) is 12.6. The van der Waals surface area contributed by atoms with Crippen molar-refractivity contribution in [3.63, 3.8) is 0 Å². The summed E-state index contributed by atoms with van der Waals surface area (Å²) in [4.78, 5) is 0. The molecule has 2 N–H and O–H groups in total. The van der Waals surface area contributed by atoms with Gasteiger partial charge in [0.1, 0.15) is 0 Å². The predicted molar refractivity (Wildman–Crippen MR) is 110 cm³/mol. The summed E-state index contributed by atoms with van der Waals surface area (Å²) in [7, 11) is 1.69. The lowest BCUT2D eigenvalue weighted by molar-refractivity contribution is 0.0124. The van der Waals surface area contributed by atoms with E-state index in [1.807, 2.05) is 0 Å². The van der Waals surface area contributed by atoms with Crippen LogP contribution in [0.5, 0.6) is 0 Å². The predicted octanol–water partition coefficient (Wildman–Crippen LogP) is 6.24. The van der Waals surface area contributed by atoms with Crippen LogP contribution in [-0.2, 0) is 9.47 Å². The second-order valence-electron chi connectivity index (χ2n) is 7.47. The van der Waals surface area contributed by atoms with Crippen molar-refractivity contribution in [2.75, 3.05) is 26.9 Å². The maximum Gasteiger partial charge on any atom is 0.0926 e. The zero-order valence-electron chi connectivity index (χ0n) is 17.4. The molecule has 0 aliphatic heterocycles. The molecule has 0 saturated heterocycles. The quantitative estimate of drug-likeness (QED) is 0.247. The zero-order valence-corrected chi connectivity index (χ0v) is 17.4. The molecule has 0 spiro atoms. The smallest absolute Gasteiger partial charge is 0.0926 e. The lowest BCUT2D eigenvalue weighted by Crippen LogP contribution is -2.27. The largest absolute Gasteiger partial charge is 0.379 e. The van der Waals surface area contributed by atoms with Crippen LogP contribution in [0.15, 0.2) is 0 Å². The van der Waals surface area contributed by atoms with Gasteiger partial charge in [-0.25, -0.2) is 0 Å². The Hall–Kier alpha value is -0.120. The van der Waals surface area contributed by atoms with Gasteiger partial charge in [0, 0.05) is 20.3 Å². The molecule has 0 radical (unpaired) electrons. The summed E-state index contributed by atoms with van der Waals surface area (Å²) in [5.41, 5.74) is 5.55. The highest BCUT2D eigenvalue weighted by atomic mass is 16.5. The van der Waals surface area contributed by atoms with Crippen molar-refractivity contribution in [1.82, 2.24) is 0 Å². The lowest BCUT2D eigenvalue weighted by Gasteiger charge is -2.12. The van der Waals surface area contributed by atoms with Crippen LogP contribution in [0.25, 0.3) is 0 Å². The fraction of sp³-hybridized carbons (Fsp3) is 1.00. The first kappa shape index (κ1) is 24.9. The second kappa shape index (κ2) is 21.9. The Kier molecular flexibility index (Phi) is 21.8. The van der Waals surface area contributed by atoms with Gasteiger partial charge in [-0.3, -0.25) is 0 Å². The second-order valence-corrected chi connectivity index (χ2v) is 7.47. The monoisotopic (exact) mass is 357 g/mol. The van der Waals surface area contributed by atoms with Crippen LogP contribution in [0, 0.1) is 0 Å². The number of ether oxygens (including phenoxy) is 2. The van der Waals surface area contributed by atoms with Gasteiger partial charge in [0.05, 0.1) is 12.7 Å². The summed E-state index contributed by atoms with van der Waals surface area (Å²) in [6.45, 7) is 4.30. The third-order valence-electron chi connectivity index (χ3n) is 5.04. The van der Waals surface area contributed by atoms with E-state index < -0.39 is 0 Å². The molecule has 0 heterocycles. The van der Waals surface area contributed by atoms with Gasteiger partial charge in [-0.15, -0.1) is 0 Å². The fourth-order valence-electron chi connectivity index (χ4n) is 3.20. The molecule has 0 aromatic rings. The van der Waals surface area contributed by atoms with E-state index in [-0.39, 0.29) is 6.10 Å². The molecular formula is C22H47NO2. The van der Waals surface area contributed by atoms with E-state index in [0.717, 1.165) is 6.61 Å². The molecule has 0 saturated carbocycles. The SMILES string of the molecule is CCCCCCCCCCCCCCCCCCOC[C@H](CN)OC. The Morgan fingerprint density at radius 2 is 1.04 bits per heavy atom. The minimum atomic E-state index is 0.0565. The number of unbranched alkanes of at least 4 members (excludes halogenated alkanes) is 15. The van der Waals surface area contributed by atoms with E-state index >= 15 is 0 Å². The number of methoxy groups -OCH3 is 1. The number of rotatable bonds is 21. The van der Waals surface area contributed by atoms with Gasteiger partial charge in [0.15, 0.2) is 0 Å². The Morgan fingerprint density at radius 1 is 0.640 bits per heavy atom. The molecule has 3 nitrogen and oxygen atoms in total. The van der Waals surface area contributed by atoms with Crippen LogP contribution in [0.4, 0.5) is 0 Å². The van der Waals surface area contributed by atoms with Gasteiger partial charge >= 0.3 is 0 Å². The van der Waals surface area contributed by atoms with E-state index in [1.165, 1.54) is 103 Å². The Labute approximate surface area is 158 Å². The summed E-state index contributed by atoms with van der Waals surface area (Å²) < 4.78 is 10.8. The first-order valence-corrected chi connectivity index (χ1v) is 11.2. The van der Waals surface area contributed by atoms with Crippen LogP contribution in [0.2, 0.25) is 0 Å². The third-order valence-corrected chi connectivity index (χ3v) is 5.04. The molecule has 0 rings (SSSR count). The van der Waals surface area contributed by atoms with Gasteiger partial charge in [-0.05, 0) is 6.42 Å². The van der Waals surface area contributed by atoms with Crippen molar-refractivity contribution >= 4 is 0 Å². The zero-order chi connectivity index (χ0) is 18.4. The van der Waals surface area contributed by atoms with E-state index in [4.69, 9.17) is 15.2 Å². The maximum atomic E-state index is 5.59. The van der Waals surface area contributed by atoms with Gasteiger partial charge in [0.2, 0.25) is 0 Å². The summed E-state index contributed by atoms with van der Waals surface area (Å²) in [5, 5.41) is 0. The standard InChI is InChI=1S/C22H47NO2/c1-3-4-5-6-7-8-9-10-11-12-13-14-15-16-17-18-19-25-21-22(20-23)24-2/h22H,3-21,23H2,1-2H3/t22-/m0/s1. The molecule has 0 aromatic heterocycles. The van der Waals surface area contributed by atoms with Crippen LogP contribution in [-0.4, -0.2) is 33.0 Å². The first-order valence-electron chi connectivity index (χ1n) is 11.2. The molecule has 0 aliphatic rings. The fourth-order valence-corrected chi connectivity index (χ4v) is 3.20. The highest BCUT2D eigenvalue weighted by molar-refractivity contribution is 4.55. The highest BCUT2D eigenvalue weighted by Crippen LogP contribution is 2.13. The summed E-state index contributed by atoms with van der Waals surface area (Å²) in [6.07, 6.45) is 22.5. The maximum absolute atomic E-state index is 5.59. The van der Waals surface area contributed by atoms with Crippen LogP contribution < -0.4 is 5.73 Å². The molecule has 0 fully saturated rings. The highest BCUT2D eigenvalue weighted by Gasteiger charge is 2.03. The van der Waals surface area contributed by atoms with E-state index in [0.29, 0.717) is 13.2 Å². The average molecular weight is 358 g/mol. The van der Waals surface area contributed by atoms with Gasteiger partial charge < -0.3 is 15.2 Å². The van der Waals surface area contributed by atoms with Crippen molar-refractivity contribution in [3.05, 3.63) is 0 Å². The third kappa shape index (κ3) is 20.0. The summed E-state index contributed by atoms with van der Waals surface area (Å²) >= 11 is 0. The molecule has 152 valence electrons. The van der Waals surface area contributed by atoms with Gasteiger partial charge in [0.25, 0.3) is 0 Å². The van der Waals surface area contributed by atoms with E-state index in [1.54, 1.807) is 7.11 Å². The molecule has 25 heavy (non-hydrogen) atoms. The molecule has 0 aliphatic carbocycles. The van der Waals surface area contributed by atoms with Crippen molar-refractivity contribution in [2.24, 2.45) is 5.73 Å². The van der Waals surface area contributed by atoms with Crippen molar-refractivity contribution in [2.45, 2.75) is 116 Å². The molecule has 0 amide bonds. The first-order chi connectivity index (χ1) is 12.3. The van der Waals surface area contributed by atoms with Crippen LogP contribution in [0.3, 0.4) is 0 Å². The molecule has 3 heteroatoms. The summed E-state index contributed by atoms with van der Waals surface area (Å²) in [6, 6.07) is 0. The topological polar surface area (TPSA) is 44.5 Å². The molecule has 1 atom stereocenters. The molecule has 0 bridgehead atoms. The number of hydrogen-bond donors (Lipinski definition) is 1.